The molecule has 7 heteroatoms. The van der Waals surface area contributed by atoms with E-state index in [0.29, 0.717) is 6.42 Å². The number of hydrogen-bond acceptors (Lipinski definition) is 7. The van der Waals surface area contributed by atoms with Gasteiger partial charge in [-0.1, -0.05) is 26.2 Å². The van der Waals surface area contributed by atoms with Gasteiger partial charge in [0.05, 0.1) is 12.7 Å². The van der Waals surface area contributed by atoms with Crippen molar-refractivity contribution < 1.29 is 35.4 Å². The van der Waals surface area contributed by atoms with Gasteiger partial charge in [-0.2, -0.15) is 0 Å². The van der Waals surface area contributed by atoms with Crippen LogP contribution in [0.2, 0.25) is 0 Å². The van der Waals surface area contributed by atoms with Crippen LogP contribution in [0.1, 0.15) is 39.0 Å². The van der Waals surface area contributed by atoms with Crippen molar-refractivity contribution in [1.82, 2.24) is 0 Å². The molecule has 20 heavy (non-hydrogen) atoms. The van der Waals surface area contributed by atoms with Crippen molar-refractivity contribution in [3.63, 3.8) is 0 Å². The topological polar surface area (TPSA) is 131 Å². The molecule has 0 bridgehead atoms. The number of aliphatic hydroxyl groups is 6. The number of rotatable bonds is 7. The van der Waals surface area contributed by atoms with E-state index in [0.717, 1.165) is 19.3 Å². The summed E-state index contributed by atoms with van der Waals surface area (Å²) >= 11 is 0. The van der Waals surface area contributed by atoms with Crippen LogP contribution in [0.15, 0.2) is 0 Å². The first-order chi connectivity index (χ1) is 9.35. The minimum Gasteiger partial charge on any atom is -0.394 e. The van der Waals surface area contributed by atoms with E-state index in [1.165, 1.54) is 0 Å². The summed E-state index contributed by atoms with van der Waals surface area (Å²) in [6.07, 6.45) is -4.13. The number of aliphatic hydroxyl groups excluding tert-OH is 5. The molecule has 1 fully saturated rings. The van der Waals surface area contributed by atoms with Crippen LogP contribution in [0, 0.1) is 0 Å². The molecule has 1 aliphatic rings. The van der Waals surface area contributed by atoms with E-state index in [1.807, 2.05) is 6.92 Å². The summed E-state index contributed by atoms with van der Waals surface area (Å²) < 4.78 is 5.08. The Morgan fingerprint density at radius 3 is 2.35 bits per heavy atom. The standard InChI is InChI=1S/C13H26O7/c1-2-3-4-5-8(15)6-13(19)12(18)11(17)10(16)9(7-14)20-13/h8-12,14-19H,2-7H2,1H3/t8?,9-,10-,11+,12-,13+/m1/s1. The van der Waals surface area contributed by atoms with Crippen molar-refractivity contribution >= 4 is 0 Å². The fourth-order valence-corrected chi connectivity index (χ4v) is 2.46. The first kappa shape index (κ1) is 17.8. The second kappa shape index (κ2) is 7.65. The van der Waals surface area contributed by atoms with Gasteiger partial charge in [0.1, 0.15) is 24.4 Å². The Balaban J connectivity index is 2.64. The summed E-state index contributed by atoms with van der Waals surface area (Å²) in [5, 5.41) is 58.2. The molecule has 1 saturated heterocycles. The van der Waals surface area contributed by atoms with E-state index >= 15 is 0 Å². The van der Waals surface area contributed by atoms with Crippen molar-refractivity contribution in [2.24, 2.45) is 0 Å². The van der Waals surface area contributed by atoms with Crippen LogP contribution in [0.4, 0.5) is 0 Å². The van der Waals surface area contributed by atoms with Crippen molar-refractivity contribution in [1.29, 1.82) is 0 Å². The Morgan fingerprint density at radius 2 is 1.80 bits per heavy atom. The van der Waals surface area contributed by atoms with E-state index in [-0.39, 0.29) is 6.42 Å². The third-order valence-corrected chi connectivity index (χ3v) is 3.72. The minimum absolute atomic E-state index is 0.293. The highest BCUT2D eigenvalue weighted by atomic mass is 16.7. The van der Waals surface area contributed by atoms with E-state index in [4.69, 9.17) is 9.84 Å². The zero-order valence-corrected chi connectivity index (χ0v) is 11.7. The number of unbranched alkanes of at least 4 members (excludes halogenated alkanes) is 2. The van der Waals surface area contributed by atoms with Crippen LogP contribution in [-0.2, 0) is 4.74 Å². The van der Waals surface area contributed by atoms with Gasteiger partial charge in [0, 0.05) is 6.42 Å². The Hall–Kier alpha value is -0.280. The Kier molecular flexibility index (Phi) is 6.80. The fraction of sp³-hybridized carbons (Fsp3) is 1.00. The lowest BCUT2D eigenvalue weighted by Crippen LogP contribution is -2.65. The van der Waals surface area contributed by atoms with Crippen LogP contribution in [-0.4, -0.2) is 73.6 Å². The minimum atomic E-state index is -2.18. The molecule has 0 spiro atoms. The molecule has 0 aromatic heterocycles. The highest BCUT2D eigenvalue weighted by molar-refractivity contribution is 4.96. The fourth-order valence-electron chi connectivity index (χ4n) is 2.46. The Labute approximate surface area is 118 Å². The Morgan fingerprint density at radius 1 is 1.15 bits per heavy atom. The zero-order valence-electron chi connectivity index (χ0n) is 11.7. The van der Waals surface area contributed by atoms with Gasteiger partial charge in [-0.3, -0.25) is 0 Å². The predicted molar refractivity (Wildman–Crippen MR) is 69.7 cm³/mol. The second-order valence-electron chi connectivity index (χ2n) is 5.46. The first-order valence-corrected chi connectivity index (χ1v) is 7.09. The van der Waals surface area contributed by atoms with Crippen LogP contribution >= 0.6 is 0 Å². The number of hydrogen-bond donors (Lipinski definition) is 6. The molecule has 0 saturated carbocycles. The summed E-state index contributed by atoms with van der Waals surface area (Å²) in [7, 11) is 0. The molecule has 1 heterocycles. The van der Waals surface area contributed by atoms with E-state index in [2.05, 4.69) is 0 Å². The molecule has 0 amide bonds. The summed E-state index contributed by atoms with van der Waals surface area (Å²) in [4.78, 5) is 0. The van der Waals surface area contributed by atoms with Gasteiger partial charge in [0.25, 0.3) is 0 Å². The van der Waals surface area contributed by atoms with Crippen LogP contribution < -0.4 is 0 Å². The highest BCUT2D eigenvalue weighted by Gasteiger charge is 2.53. The zero-order chi connectivity index (χ0) is 15.3. The van der Waals surface area contributed by atoms with Gasteiger partial charge in [-0.25, -0.2) is 0 Å². The Bertz CT molecular complexity index is 286. The quantitative estimate of drug-likeness (QED) is 0.314. The molecule has 0 aromatic rings. The molecule has 7 nitrogen and oxygen atoms in total. The predicted octanol–water partition coefficient (Wildman–Crippen LogP) is -1.52. The maximum atomic E-state index is 10.2. The molecular formula is C13H26O7. The summed E-state index contributed by atoms with van der Waals surface area (Å²) in [5.41, 5.74) is 0. The van der Waals surface area contributed by atoms with E-state index in [1.54, 1.807) is 0 Å². The molecule has 1 aliphatic heterocycles. The molecular weight excluding hydrogens is 268 g/mol. The third-order valence-electron chi connectivity index (χ3n) is 3.72. The maximum Gasteiger partial charge on any atom is 0.197 e. The molecule has 6 atom stereocenters. The lowest BCUT2D eigenvalue weighted by atomic mass is 9.88. The summed E-state index contributed by atoms with van der Waals surface area (Å²) in [6.45, 7) is 1.41. The van der Waals surface area contributed by atoms with Gasteiger partial charge in [-0.15, -0.1) is 0 Å². The van der Waals surface area contributed by atoms with Crippen LogP contribution in [0.3, 0.4) is 0 Å². The van der Waals surface area contributed by atoms with Gasteiger partial charge >= 0.3 is 0 Å². The molecule has 6 N–H and O–H groups in total. The highest BCUT2D eigenvalue weighted by Crippen LogP contribution is 2.32. The van der Waals surface area contributed by atoms with E-state index in [9.17, 15) is 25.5 Å². The smallest absolute Gasteiger partial charge is 0.197 e. The van der Waals surface area contributed by atoms with Crippen LogP contribution in [0.5, 0.6) is 0 Å². The first-order valence-electron chi connectivity index (χ1n) is 7.09. The normalized spacial score (nSPS) is 39.8. The van der Waals surface area contributed by atoms with Gasteiger partial charge in [0.2, 0.25) is 0 Å². The summed E-state index contributed by atoms with van der Waals surface area (Å²) in [5.74, 6) is -2.18. The maximum absolute atomic E-state index is 10.2. The van der Waals surface area contributed by atoms with Crippen molar-refractivity contribution in [2.45, 2.75) is 75.3 Å². The van der Waals surface area contributed by atoms with Crippen LogP contribution in [0.25, 0.3) is 0 Å². The van der Waals surface area contributed by atoms with Crippen molar-refractivity contribution in [3.8, 4) is 0 Å². The largest absolute Gasteiger partial charge is 0.394 e. The molecule has 0 radical (unpaired) electrons. The monoisotopic (exact) mass is 294 g/mol. The molecule has 0 aliphatic carbocycles. The molecule has 120 valence electrons. The summed E-state index contributed by atoms with van der Waals surface area (Å²) in [6, 6.07) is 0. The lowest BCUT2D eigenvalue weighted by Gasteiger charge is -2.46. The second-order valence-corrected chi connectivity index (χ2v) is 5.46. The lowest BCUT2D eigenvalue weighted by molar-refractivity contribution is -0.355. The average molecular weight is 294 g/mol. The van der Waals surface area contributed by atoms with Gasteiger partial charge in [0.15, 0.2) is 5.79 Å². The molecule has 1 unspecified atom stereocenters. The SMILES string of the molecule is CCCCCC(O)C[C@]1(O)O[C@H](CO)[C@@H](O)[C@H](O)[C@H]1O. The van der Waals surface area contributed by atoms with Gasteiger partial charge < -0.3 is 35.4 Å². The van der Waals surface area contributed by atoms with Crippen molar-refractivity contribution in [2.75, 3.05) is 6.61 Å². The van der Waals surface area contributed by atoms with E-state index < -0.39 is 42.9 Å². The number of ether oxygens (including phenoxy) is 1. The molecule has 0 aromatic carbocycles. The average Bonchev–Trinajstić information content (AvgIpc) is 2.41. The van der Waals surface area contributed by atoms with Crippen molar-refractivity contribution in [3.05, 3.63) is 0 Å². The third kappa shape index (κ3) is 4.11. The molecule has 1 rings (SSSR count). The van der Waals surface area contributed by atoms with Gasteiger partial charge in [-0.05, 0) is 6.42 Å².